The summed E-state index contributed by atoms with van der Waals surface area (Å²) >= 11 is 0. The maximum atomic E-state index is 11.9. The number of carboxylic acid groups (broad SMARTS) is 1. The van der Waals surface area contributed by atoms with Gasteiger partial charge in [0, 0.05) is 36.1 Å². The maximum absolute atomic E-state index is 11.9. The molecule has 6 nitrogen and oxygen atoms in total. The van der Waals surface area contributed by atoms with Crippen LogP contribution in [-0.2, 0) is 9.59 Å². The van der Waals surface area contributed by atoms with E-state index >= 15 is 0 Å². The van der Waals surface area contributed by atoms with E-state index in [1.807, 2.05) is 0 Å². The van der Waals surface area contributed by atoms with Crippen LogP contribution in [0.15, 0.2) is 18.2 Å². The molecule has 0 aliphatic rings. The lowest BCUT2D eigenvalue weighted by atomic mass is 10.0. The highest BCUT2D eigenvalue weighted by atomic mass is 16.4. The Balaban J connectivity index is 2.86. The molecule has 4 N–H and O–H groups in total. The number of hydrogen-bond donors (Lipinski definition) is 3. The van der Waals surface area contributed by atoms with Crippen molar-refractivity contribution in [3.63, 3.8) is 0 Å². The van der Waals surface area contributed by atoms with E-state index in [2.05, 4.69) is 17.2 Å². The zero-order valence-electron chi connectivity index (χ0n) is 13.0. The van der Waals surface area contributed by atoms with Crippen LogP contribution >= 0.6 is 0 Å². The molecule has 0 aromatic heterocycles. The van der Waals surface area contributed by atoms with Gasteiger partial charge < -0.3 is 16.2 Å². The molecule has 6 heteroatoms. The Hall–Kier alpha value is -2.65. The van der Waals surface area contributed by atoms with E-state index in [-0.39, 0.29) is 37.5 Å². The lowest BCUT2D eigenvalue weighted by Gasteiger charge is -2.08. The lowest BCUT2D eigenvalue weighted by Crippen LogP contribution is -2.12. The molecular formula is C17H20N2O4. The molecule has 0 atom stereocenters. The standard InChI is InChI=1S/C17H20N2O4/c1-2-15(20)14-9-8-13(11-12(14)5-4-10-18)19-16(21)6-3-7-17(22)23/h8-9,11H,2-3,6-7,10,18H2,1H3,(H,19,21)(H,22,23). The molecule has 0 aliphatic heterocycles. The Labute approximate surface area is 135 Å². The van der Waals surface area contributed by atoms with Gasteiger partial charge in [-0.25, -0.2) is 0 Å². The number of amides is 1. The van der Waals surface area contributed by atoms with E-state index in [9.17, 15) is 14.4 Å². The highest BCUT2D eigenvalue weighted by Crippen LogP contribution is 2.17. The van der Waals surface area contributed by atoms with Gasteiger partial charge in [-0.2, -0.15) is 0 Å². The molecular weight excluding hydrogens is 296 g/mol. The minimum atomic E-state index is -0.931. The largest absolute Gasteiger partial charge is 0.481 e. The first kappa shape index (κ1) is 18.4. The van der Waals surface area contributed by atoms with E-state index in [1.54, 1.807) is 25.1 Å². The van der Waals surface area contributed by atoms with Gasteiger partial charge in [0.25, 0.3) is 0 Å². The van der Waals surface area contributed by atoms with Crippen LogP contribution in [-0.4, -0.2) is 29.3 Å². The Kier molecular flexibility index (Phi) is 7.51. The highest BCUT2D eigenvalue weighted by molar-refractivity contribution is 5.99. The van der Waals surface area contributed by atoms with Crippen LogP contribution in [0.4, 0.5) is 5.69 Å². The summed E-state index contributed by atoms with van der Waals surface area (Å²) in [6, 6.07) is 4.88. The van der Waals surface area contributed by atoms with Crippen LogP contribution in [0.2, 0.25) is 0 Å². The number of anilines is 1. The number of ketones is 1. The lowest BCUT2D eigenvalue weighted by molar-refractivity contribution is -0.137. The van der Waals surface area contributed by atoms with Crippen molar-refractivity contribution in [2.75, 3.05) is 11.9 Å². The molecule has 0 fully saturated rings. The van der Waals surface area contributed by atoms with Crippen LogP contribution in [0.25, 0.3) is 0 Å². The van der Waals surface area contributed by atoms with Crippen LogP contribution in [0.5, 0.6) is 0 Å². The summed E-state index contributed by atoms with van der Waals surface area (Å²) in [6.07, 6.45) is 0.696. The monoisotopic (exact) mass is 316 g/mol. The van der Waals surface area contributed by atoms with Crippen LogP contribution in [0, 0.1) is 11.8 Å². The molecule has 0 heterocycles. The molecule has 23 heavy (non-hydrogen) atoms. The second-order valence-electron chi connectivity index (χ2n) is 4.84. The second-order valence-corrected chi connectivity index (χ2v) is 4.84. The van der Waals surface area contributed by atoms with Crippen molar-refractivity contribution in [3.8, 4) is 11.8 Å². The predicted octanol–water partition coefficient (Wildman–Crippen LogP) is 1.78. The first-order valence-electron chi connectivity index (χ1n) is 7.35. The summed E-state index contributed by atoms with van der Waals surface area (Å²) in [5.41, 5.74) is 6.89. The quantitative estimate of drug-likeness (QED) is 0.525. The van der Waals surface area contributed by atoms with Crippen molar-refractivity contribution in [1.82, 2.24) is 0 Å². The van der Waals surface area contributed by atoms with Crippen molar-refractivity contribution in [2.24, 2.45) is 5.73 Å². The third-order valence-electron chi connectivity index (χ3n) is 3.04. The zero-order chi connectivity index (χ0) is 17.2. The van der Waals surface area contributed by atoms with Gasteiger partial charge in [0.2, 0.25) is 5.91 Å². The minimum Gasteiger partial charge on any atom is -0.481 e. The molecule has 0 spiro atoms. The Morgan fingerprint density at radius 2 is 2.00 bits per heavy atom. The van der Waals surface area contributed by atoms with Gasteiger partial charge in [-0.1, -0.05) is 18.8 Å². The third kappa shape index (κ3) is 6.32. The van der Waals surface area contributed by atoms with Crippen LogP contribution < -0.4 is 11.1 Å². The fourth-order valence-corrected chi connectivity index (χ4v) is 1.93. The van der Waals surface area contributed by atoms with Gasteiger partial charge in [-0.3, -0.25) is 14.4 Å². The fraction of sp³-hybridized carbons (Fsp3) is 0.353. The highest BCUT2D eigenvalue weighted by Gasteiger charge is 2.11. The smallest absolute Gasteiger partial charge is 0.303 e. The number of aliphatic carboxylic acids is 1. The Bertz CT molecular complexity index is 656. The number of nitrogens with two attached hydrogens (primary N) is 1. The molecule has 1 rings (SSSR count). The molecule has 0 radical (unpaired) electrons. The van der Waals surface area contributed by atoms with Crippen molar-refractivity contribution in [1.29, 1.82) is 0 Å². The maximum Gasteiger partial charge on any atom is 0.303 e. The molecule has 122 valence electrons. The molecule has 1 aromatic rings. The molecule has 0 aliphatic carbocycles. The summed E-state index contributed by atoms with van der Waals surface area (Å²) in [6.45, 7) is 1.94. The number of carbonyl (C=O) groups excluding carboxylic acids is 2. The van der Waals surface area contributed by atoms with Gasteiger partial charge in [0.15, 0.2) is 5.78 Å². The number of rotatable bonds is 7. The second kappa shape index (κ2) is 9.38. The topological polar surface area (TPSA) is 109 Å². The molecule has 0 saturated carbocycles. The number of nitrogens with one attached hydrogen (secondary N) is 1. The fourth-order valence-electron chi connectivity index (χ4n) is 1.93. The molecule has 0 unspecified atom stereocenters. The van der Waals surface area contributed by atoms with E-state index in [4.69, 9.17) is 10.8 Å². The number of carbonyl (C=O) groups is 3. The summed E-state index contributed by atoms with van der Waals surface area (Å²) in [7, 11) is 0. The van der Waals surface area contributed by atoms with E-state index < -0.39 is 5.97 Å². The Morgan fingerprint density at radius 1 is 1.26 bits per heavy atom. The molecule has 0 saturated heterocycles. The van der Waals surface area contributed by atoms with Gasteiger partial charge in [-0.05, 0) is 24.6 Å². The zero-order valence-corrected chi connectivity index (χ0v) is 13.0. The van der Waals surface area contributed by atoms with Crippen molar-refractivity contribution in [3.05, 3.63) is 29.3 Å². The minimum absolute atomic E-state index is 0.0364. The molecule has 1 aromatic carbocycles. The Morgan fingerprint density at radius 3 is 2.61 bits per heavy atom. The predicted molar refractivity (Wildman–Crippen MR) is 87.1 cm³/mol. The summed E-state index contributed by atoms with van der Waals surface area (Å²) in [4.78, 5) is 34.1. The van der Waals surface area contributed by atoms with Crippen molar-refractivity contribution < 1.29 is 19.5 Å². The van der Waals surface area contributed by atoms with Crippen molar-refractivity contribution in [2.45, 2.75) is 32.6 Å². The first-order valence-corrected chi connectivity index (χ1v) is 7.35. The van der Waals surface area contributed by atoms with Gasteiger partial charge in [0.05, 0.1) is 6.54 Å². The number of carboxylic acids is 1. The van der Waals surface area contributed by atoms with Gasteiger partial charge in [-0.15, -0.1) is 0 Å². The average molecular weight is 316 g/mol. The van der Waals surface area contributed by atoms with E-state index in [0.717, 1.165) is 0 Å². The van der Waals surface area contributed by atoms with Crippen LogP contribution in [0.3, 0.4) is 0 Å². The number of Topliss-reactive ketones (excluding diaryl/α,β-unsaturated/α-hetero) is 1. The van der Waals surface area contributed by atoms with E-state index in [0.29, 0.717) is 23.2 Å². The van der Waals surface area contributed by atoms with Gasteiger partial charge >= 0.3 is 5.97 Å². The van der Waals surface area contributed by atoms with Crippen LogP contribution in [0.1, 0.15) is 48.5 Å². The SMILES string of the molecule is CCC(=O)c1ccc(NC(=O)CCCC(=O)O)cc1C#CCN. The summed E-state index contributed by atoms with van der Waals surface area (Å²) < 4.78 is 0. The summed E-state index contributed by atoms with van der Waals surface area (Å²) in [5.74, 6) is 4.29. The third-order valence-corrected chi connectivity index (χ3v) is 3.04. The van der Waals surface area contributed by atoms with Crippen molar-refractivity contribution >= 4 is 23.3 Å². The normalized spacial score (nSPS) is 9.65. The number of benzene rings is 1. The van der Waals surface area contributed by atoms with E-state index in [1.165, 1.54) is 0 Å². The molecule has 0 bridgehead atoms. The summed E-state index contributed by atoms with van der Waals surface area (Å²) in [5, 5.41) is 11.2. The first-order chi connectivity index (χ1) is 11.0. The molecule has 1 amide bonds. The van der Waals surface area contributed by atoms with Gasteiger partial charge in [0.1, 0.15) is 0 Å². The average Bonchev–Trinajstić information content (AvgIpc) is 2.52. The number of hydrogen-bond acceptors (Lipinski definition) is 4.